The number of halogens is 1. The Morgan fingerprint density at radius 1 is 1.22 bits per heavy atom. The van der Waals surface area contributed by atoms with Crippen LogP contribution in [-0.2, 0) is 6.54 Å². The first-order valence-corrected chi connectivity index (χ1v) is 8.30. The monoisotopic (exact) mass is 349 g/mol. The lowest BCUT2D eigenvalue weighted by molar-refractivity contribution is 0.171. The third kappa shape index (κ3) is 2.97. The summed E-state index contributed by atoms with van der Waals surface area (Å²) >= 11 is 7.84. The molecule has 0 bridgehead atoms. The fraction of sp³-hybridized carbons (Fsp3) is 0.200. The van der Waals surface area contributed by atoms with Crippen molar-refractivity contribution in [1.29, 1.82) is 0 Å². The van der Waals surface area contributed by atoms with E-state index in [1.807, 2.05) is 22.9 Å². The molecule has 3 aromatic rings. The molecule has 23 heavy (non-hydrogen) atoms. The van der Waals surface area contributed by atoms with E-state index in [1.54, 1.807) is 17.4 Å². The molecule has 0 fully saturated rings. The maximum Gasteiger partial charge on any atom is 0.246 e. The van der Waals surface area contributed by atoms with Crippen molar-refractivity contribution in [2.24, 2.45) is 0 Å². The second kappa shape index (κ2) is 6.10. The summed E-state index contributed by atoms with van der Waals surface area (Å²) in [7, 11) is 0. The van der Waals surface area contributed by atoms with Crippen LogP contribution in [0.3, 0.4) is 0 Å². The molecule has 1 aliphatic heterocycles. The predicted molar refractivity (Wildman–Crippen MR) is 87.4 cm³/mol. The van der Waals surface area contributed by atoms with Crippen molar-refractivity contribution in [1.82, 2.24) is 10.1 Å². The number of nitrogens with one attached hydrogen (secondary N) is 1. The highest BCUT2D eigenvalue weighted by molar-refractivity contribution is 7.08. The van der Waals surface area contributed by atoms with Crippen LogP contribution in [0.15, 0.2) is 33.5 Å². The van der Waals surface area contributed by atoms with Gasteiger partial charge in [0.1, 0.15) is 13.2 Å². The van der Waals surface area contributed by atoms with Crippen LogP contribution in [0.4, 0.5) is 5.69 Å². The fourth-order valence-electron chi connectivity index (χ4n) is 2.21. The minimum Gasteiger partial charge on any atom is -0.486 e. The van der Waals surface area contributed by atoms with Crippen molar-refractivity contribution < 1.29 is 14.0 Å². The van der Waals surface area contributed by atoms with Crippen LogP contribution in [0.25, 0.3) is 11.4 Å². The number of nitrogens with zero attached hydrogens (tertiary/aromatic N) is 2. The first-order chi connectivity index (χ1) is 11.3. The summed E-state index contributed by atoms with van der Waals surface area (Å²) < 4.78 is 16.3. The van der Waals surface area contributed by atoms with Crippen LogP contribution in [0.1, 0.15) is 5.89 Å². The zero-order chi connectivity index (χ0) is 15.6. The Kier molecular flexibility index (Phi) is 3.80. The van der Waals surface area contributed by atoms with Gasteiger partial charge in [0.2, 0.25) is 11.7 Å². The van der Waals surface area contributed by atoms with Crippen molar-refractivity contribution >= 4 is 28.6 Å². The van der Waals surface area contributed by atoms with E-state index in [-0.39, 0.29) is 0 Å². The molecule has 3 heterocycles. The third-order valence-electron chi connectivity index (χ3n) is 3.31. The van der Waals surface area contributed by atoms with Gasteiger partial charge in [-0.1, -0.05) is 16.8 Å². The van der Waals surface area contributed by atoms with E-state index < -0.39 is 0 Å². The Hall–Kier alpha value is -2.25. The van der Waals surface area contributed by atoms with Crippen LogP contribution < -0.4 is 14.8 Å². The minimum absolute atomic E-state index is 0.372. The van der Waals surface area contributed by atoms with Gasteiger partial charge in [0.25, 0.3) is 0 Å². The van der Waals surface area contributed by atoms with Crippen molar-refractivity contribution in [2.75, 3.05) is 18.5 Å². The summed E-state index contributed by atoms with van der Waals surface area (Å²) in [4.78, 5) is 4.35. The van der Waals surface area contributed by atoms with Gasteiger partial charge >= 0.3 is 0 Å². The third-order valence-corrected chi connectivity index (χ3v) is 4.31. The Morgan fingerprint density at radius 2 is 2.04 bits per heavy atom. The molecule has 1 N–H and O–H groups in total. The summed E-state index contributed by atoms with van der Waals surface area (Å²) in [5.74, 6) is 2.39. The topological polar surface area (TPSA) is 69.4 Å². The standard InChI is InChI=1S/C15H12ClN3O3S/c16-10-5-12-13(21-3-2-20-12)6-11(10)17-7-14-18-15(19-22-14)9-1-4-23-8-9/h1,4-6,8,17H,2-3,7H2. The summed E-state index contributed by atoms with van der Waals surface area (Å²) in [6.07, 6.45) is 0. The smallest absolute Gasteiger partial charge is 0.246 e. The highest BCUT2D eigenvalue weighted by atomic mass is 35.5. The number of hydrogen-bond acceptors (Lipinski definition) is 7. The molecule has 0 amide bonds. The molecule has 0 saturated heterocycles. The maximum atomic E-state index is 6.25. The molecule has 0 spiro atoms. The molecular formula is C15H12ClN3O3S. The summed E-state index contributed by atoms with van der Waals surface area (Å²) in [5.41, 5.74) is 1.67. The predicted octanol–water partition coefficient (Wildman–Crippen LogP) is 3.83. The largest absolute Gasteiger partial charge is 0.486 e. The molecule has 8 heteroatoms. The number of thiophene rings is 1. The van der Waals surface area contributed by atoms with E-state index in [9.17, 15) is 0 Å². The Labute approximate surface area is 141 Å². The van der Waals surface area contributed by atoms with E-state index >= 15 is 0 Å². The zero-order valence-corrected chi connectivity index (χ0v) is 13.5. The molecule has 0 radical (unpaired) electrons. The number of benzene rings is 1. The molecule has 0 saturated carbocycles. The summed E-state index contributed by atoms with van der Waals surface area (Å²) in [6.45, 7) is 1.43. The van der Waals surface area contributed by atoms with E-state index in [4.69, 9.17) is 25.6 Å². The normalized spacial score (nSPS) is 13.1. The van der Waals surface area contributed by atoms with Gasteiger partial charge in [0, 0.05) is 23.1 Å². The minimum atomic E-state index is 0.372. The lowest BCUT2D eigenvalue weighted by Gasteiger charge is -2.20. The van der Waals surface area contributed by atoms with Crippen LogP contribution in [0.2, 0.25) is 5.02 Å². The van der Waals surface area contributed by atoms with Crippen molar-refractivity contribution in [3.8, 4) is 22.9 Å². The quantitative estimate of drug-likeness (QED) is 0.771. The van der Waals surface area contributed by atoms with Crippen molar-refractivity contribution in [2.45, 2.75) is 6.54 Å². The average molecular weight is 350 g/mol. The first kappa shape index (κ1) is 14.3. The van der Waals surface area contributed by atoms with Gasteiger partial charge < -0.3 is 19.3 Å². The first-order valence-electron chi connectivity index (χ1n) is 6.98. The molecule has 1 aromatic carbocycles. The highest BCUT2D eigenvalue weighted by Crippen LogP contribution is 2.38. The van der Waals surface area contributed by atoms with Crippen LogP contribution >= 0.6 is 22.9 Å². The highest BCUT2D eigenvalue weighted by Gasteiger charge is 2.16. The second-order valence-electron chi connectivity index (χ2n) is 4.85. The number of aromatic nitrogens is 2. The molecule has 2 aromatic heterocycles. The molecule has 1 aliphatic rings. The van der Waals surface area contributed by atoms with Gasteiger partial charge in [-0.25, -0.2) is 0 Å². The zero-order valence-electron chi connectivity index (χ0n) is 11.9. The number of fused-ring (bicyclic) bond motifs is 1. The van der Waals surface area contributed by atoms with Gasteiger partial charge in [-0.3, -0.25) is 0 Å². The maximum absolute atomic E-state index is 6.25. The molecule has 0 atom stereocenters. The molecule has 0 aliphatic carbocycles. The molecule has 118 valence electrons. The van der Waals surface area contributed by atoms with Crippen LogP contribution in [0, 0.1) is 0 Å². The summed E-state index contributed by atoms with van der Waals surface area (Å²) in [5, 5.41) is 11.6. The lowest BCUT2D eigenvalue weighted by Crippen LogP contribution is -2.15. The van der Waals surface area contributed by atoms with Crippen molar-refractivity contribution in [3.63, 3.8) is 0 Å². The number of hydrogen-bond donors (Lipinski definition) is 1. The molecule has 4 rings (SSSR count). The lowest BCUT2D eigenvalue weighted by atomic mass is 10.2. The van der Waals surface area contributed by atoms with Gasteiger partial charge in [-0.05, 0) is 11.4 Å². The number of ether oxygens (including phenoxy) is 2. The van der Waals surface area contributed by atoms with Crippen molar-refractivity contribution in [3.05, 3.63) is 39.9 Å². The SMILES string of the molecule is Clc1cc2c(cc1NCc1nc(-c3ccsc3)no1)OCCO2. The second-order valence-corrected chi connectivity index (χ2v) is 6.04. The van der Waals surface area contributed by atoms with Crippen LogP contribution in [-0.4, -0.2) is 23.4 Å². The Balaban J connectivity index is 1.49. The van der Waals surface area contributed by atoms with Gasteiger partial charge in [-0.2, -0.15) is 16.3 Å². The Morgan fingerprint density at radius 3 is 2.83 bits per heavy atom. The summed E-state index contributed by atoms with van der Waals surface area (Å²) in [6, 6.07) is 5.50. The van der Waals surface area contributed by atoms with E-state index in [1.165, 1.54) is 0 Å². The molecule has 6 nitrogen and oxygen atoms in total. The fourth-order valence-corrected chi connectivity index (χ4v) is 3.06. The number of anilines is 1. The van der Waals surface area contributed by atoms with Gasteiger partial charge in [-0.15, -0.1) is 0 Å². The molecule has 0 unspecified atom stereocenters. The molecular weight excluding hydrogens is 338 g/mol. The van der Waals surface area contributed by atoms with E-state index in [2.05, 4.69) is 15.5 Å². The van der Waals surface area contributed by atoms with Crippen LogP contribution in [0.5, 0.6) is 11.5 Å². The average Bonchev–Trinajstić information content (AvgIpc) is 3.24. The Bertz CT molecular complexity index is 819. The number of rotatable bonds is 4. The van der Waals surface area contributed by atoms with Gasteiger partial charge in [0.05, 0.1) is 17.3 Å². The van der Waals surface area contributed by atoms with Gasteiger partial charge in [0.15, 0.2) is 11.5 Å². The van der Waals surface area contributed by atoms with E-state index in [0.29, 0.717) is 48.0 Å². The van der Waals surface area contributed by atoms with E-state index in [0.717, 1.165) is 11.3 Å².